The zero-order chi connectivity index (χ0) is 13.9. The number of nitrogens with one attached hydrogen (secondary N) is 1. The topological polar surface area (TPSA) is 73.3 Å². The van der Waals surface area contributed by atoms with Gasteiger partial charge < -0.3 is 10.8 Å². The summed E-state index contributed by atoms with van der Waals surface area (Å²) >= 11 is 0. The smallest absolute Gasteiger partial charge is 0.122 e. The Bertz CT molecular complexity index is 441. The van der Waals surface area contributed by atoms with E-state index in [9.17, 15) is 5.11 Å². The first-order valence-electron chi connectivity index (χ1n) is 6.04. The van der Waals surface area contributed by atoms with Crippen molar-refractivity contribution in [1.82, 2.24) is 4.90 Å². The minimum atomic E-state index is -0.244. The summed E-state index contributed by atoms with van der Waals surface area (Å²) in [4.78, 5) is 2.11. The fourth-order valence-electron chi connectivity index (χ4n) is 1.63. The van der Waals surface area contributed by atoms with Gasteiger partial charge in [0.1, 0.15) is 5.84 Å². The zero-order valence-corrected chi connectivity index (χ0v) is 11.6. The van der Waals surface area contributed by atoms with Gasteiger partial charge in [0, 0.05) is 17.6 Å². The molecule has 4 nitrogen and oxygen atoms in total. The molecule has 0 saturated carbocycles. The molecule has 0 atom stereocenters. The lowest BCUT2D eigenvalue weighted by Gasteiger charge is -2.34. The number of rotatable bonds is 5. The molecule has 0 aliphatic carbocycles. The van der Waals surface area contributed by atoms with Crippen LogP contribution in [0, 0.1) is 12.3 Å². The molecule has 0 saturated heterocycles. The van der Waals surface area contributed by atoms with Crippen molar-refractivity contribution in [3.05, 3.63) is 34.9 Å². The third-order valence-electron chi connectivity index (χ3n) is 3.48. The van der Waals surface area contributed by atoms with E-state index < -0.39 is 0 Å². The highest BCUT2D eigenvalue weighted by molar-refractivity contribution is 5.95. The lowest BCUT2D eigenvalue weighted by Crippen LogP contribution is -2.43. The van der Waals surface area contributed by atoms with E-state index in [1.807, 2.05) is 46.0 Å². The van der Waals surface area contributed by atoms with Gasteiger partial charge in [-0.3, -0.25) is 10.3 Å². The number of hydrogen-bond donors (Lipinski definition) is 3. The predicted molar refractivity (Wildman–Crippen MR) is 74.8 cm³/mol. The normalized spacial score (nSPS) is 11.9. The van der Waals surface area contributed by atoms with Gasteiger partial charge in [0.2, 0.25) is 0 Å². The van der Waals surface area contributed by atoms with E-state index in [0.717, 1.165) is 17.7 Å². The van der Waals surface area contributed by atoms with Crippen molar-refractivity contribution in [2.45, 2.75) is 32.9 Å². The van der Waals surface area contributed by atoms with Gasteiger partial charge in [-0.25, -0.2) is 0 Å². The van der Waals surface area contributed by atoms with Gasteiger partial charge in [-0.05, 0) is 45.0 Å². The number of aryl methyl sites for hydroxylation is 1. The predicted octanol–water partition coefficient (Wildman–Crippen LogP) is 1.48. The summed E-state index contributed by atoms with van der Waals surface area (Å²) in [5.41, 5.74) is 8.27. The summed E-state index contributed by atoms with van der Waals surface area (Å²) in [7, 11) is 1.99. The van der Waals surface area contributed by atoms with Crippen molar-refractivity contribution < 1.29 is 5.11 Å². The zero-order valence-electron chi connectivity index (χ0n) is 11.6. The SMILES string of the molecule is Cc1cc(C(=N)N)ccc1CN(C)C(C)(C)CO. The standard InChI is InChI=1S/C14H23N3O/c1-10-7-11(13(15)16)5-6-12(10)8-17(4)14(2,3)9-18/h5-7,18H,8-9H2,1-4H3,(H3,15,16). The van der Waals surface area contributed by atoms with Crippen LogP contribution in [0.5, 0.6) is 0 Å². The molecule has 0 bridgehead atoms. The number of hydrogen-bond acceptors (Lipinski definition) is 3. The minimum Gasteiger partial charge on any atom is -0.394 e. The molecule has 4 heteroatoms. The number of likely N-dealkylation sites (N-methyl/N-ethyl adjacent to an activating group) is 1. The van der Waals surface area contributed by atoms with E-state index in [-0.39, 0.29) is 18.0 Å². The van der Waals surface area contributed by atoms with E-state index in [1.165, 1.54) is 5.56 Å². The molecule has 0 fully saturated rings. The van der Waals surface area contributed by atoms with Crippen molar-refractivity contribution in [2.24, 2.45) is 5.73 Å². The molecule has 1 aromatic rings. The third kappa shape index (κ3) is 3.31. The highest BCUT2D eigenvalue weighted by Crippen LogP contribution is 2.18. The first-order chi connectivity index (χ1) is 8.27. The van der Waals surface area contributed by atoms with Gasteiger partial charge in [-0.2, -0.15) is 0 Å². The molecule has 0 amide bonds. The Morgan fingerprint density at radius 3 is 2.50 bits per heavy atom. The van der Waals surface area contributed by atoms with Crippen LogP contribution in [-0.2, 0) is 6.54 Å². The van der Waals surface area contributed by atoms with Crippen molar-refractivity contribution in [2.75, 3.05) is 13.7 Å². The summed E-state index contributed by atoms with van der Waals surface area (Å²) < 4.78 is 0. The molecule has 4 N–H and O–H groups in total. The van der Waals surface area contributed by atoms with Crippen molar-refractivity contribution >= 4 is 5.84 Å². The molecular formula is C14H23N3O. The van der Waals surface area contributed by atoms with Crippen molar-refractivity contribution in [1.29, 1.82) is 5.41 Å². The van der Waals surface area contributed by atoms with Crippen LogP contribution in [0.1, 0.15) is 30.5 Å². The van der Waals surface area contributed by atoms with E-state index in [1.54, 1.807) is 0 Å². The molecule has 100 valence electrons. The second-order valence-corrected chi connectivity index (χ2v) is 5.38. The van der Waals surface area contributed by atoms with Gasteiger partial charge in [-0.15, -0.1) is 0 Å². The molecular weight excluding hydrogens is 226 g/mol. The number of aliphatic hydroxyl groups is 1. The lowest BCUT2D eigenvalue weighted by molar-refractivity contribution is 0.0732. The number of nitrogens with zero attached hydrogens (tertiary/aromatic N) is 1. The van der Waals surface area contributed by atoms with Gasteiger partial charge in [0.05, 0.1) is 6.61 Å². The molecule has 0 spiro atoms. The maximum absolute atomic E-state index is 9.34. The first-order valence-corrected chi connectivity index (χ1v) is 6.04. The molecule has 0 aromatic heterocycles. The Hall–Kier alpha value is -1.39. The van der Waals surface area contributed by atoms with E-state index in [0.29, 0.717) is 0 Å². The summed E-state index contributed by atoms with van der Waals surface area (Å²) in [6, 6.07) is 5.79. The second-order valence-electron chi connectivity index (χ2n) is 5.38. The van der Waals surface area contributed by atoms with Crippen LogP contribution in [0.2, 0.25) is 0 Å². The number of nitrogen functional groups attached to an aromatic ring is 1. The summed E-state index contributed by atoms with van der Waals surface area (Å²) in [6.45, 7) is 6.91. The number of amidine groups is 1. The lowest BCUT2D eigenvalue weighted by atomic mass is 10.0. The van der Waals surface area contributed by atoms with Crippen molar-refractivity contribution in [3.63, 3.8) is 0 Å². The van der Waals surface area contributed by atoms with Gasteiger partial charge >= 0.3 is 0 Å². The van der Waals surface area contributed by atoms with Gasteiger partial charge in [-0.1, -0.05) is 12.1 Å². The monoisotopic (exact) mass is 249 g/mol. The molecule has 1 rings (SSSR count). The fraction of sp³-hybridized carbons (Fsp3) is 0.500. The Morgan fingerprint density at radius 2 is 2.06 bits per heavy atom. The average molecular weight is 249 g/mol. The number of aliphatic hydroxyl groups excluding tert-OH is 1. The Balaban J connectivity index is 2.89. The summed E-state index contributed by atoms with van der Waals surface area (Å²) in [5.74, 6) is 0.0914. The van der Waals surface area contributed by atoms with Crippen LogP contribution in [-0.4, -0.2) is 35.0 Å². The molecule has 18 heavy (non-hydrogen) atoms. The molecule has 0 heterocycles. The van der Waals surface area contributed by atoms with Crippen LogP contribution < -0.4 is 5.73 Å². The summed E-state index contributed by atoms with van der Waals surface area (Å²) in [6.07, 6.45) is 0. The third-order valence-corrected chi connectivity index (χ3v) is 3.48. The summed E-state index contributed by atoms with van der Waals surface area (Å²) in [5, 5.41) is 16.7. The number of benzene rings is 1. The van der Waals surface area contributed by atoms with E-state index in [2.05, 4.69) is 4.90 Å². The Kier molecular flexibility index (Phi) is 4.48. The van der Waals surface area contributed by atoms with E-state index in [4.69, 9.17) is 11.1 Å². The highest BCUT2D eigenvalue weighted by atomic mass is 16.3. The van der Waals surface area contributed by atoms with Gasteiger partial charge in [0.25, 0.3) is 0 Å². The quantitative estimate of drug-likeness (QED) is 0.546. The van der Waals surface area contributed by atoms with Crippen LogP contribution in [0.15, 0.2) is 18.2 Å². The van der Waals surface area contributed by atoms with Crippen LogP contribution in [0.3, 0.4) is 0 Å². The van der Waals surface area contributed by atoms with E-state index >= 15 is 0 Å². The van der Waals surface area contributed by atoms with Crippen LogP contribution >= 0.6 is 0 Å². The molecule has 0 radical (unpaired) electrons. The molecule has 1 aromatic carbocycles. The largest absolute Gasteiger partial charge is 0.394 e. The molecule has 0 aliphatic heterocycles. The maximum Gasteiger partial charge on any atom is 0.122 e. The maximum atomic E-state index is 9.34. The second kappa shape index (κ2) is 5.50. The fourth-order valence-corrected chi connectivity index (χ4v) is 1.63. The Labute approximate surface area is 109 Å². The highest BCUT2D eigenvalue weighted by Gasteiger charge is 2.22. The number of nitrogens with two attached hydrogens (primary N) is 1. The average Bonchev–Trinajstić information content (AvgIpc) is 2.31. The van der Waals surface area contributed by atoms with Crippen LogP contribution in [0.4, 0.5) is 0 Å². The van der Waals surface area contributed by atoms with Crippen LogP contribution in [0.25, 0.3) is 0 Å². The van der Waals surface area contributed by atoms with Gasteiger partial charge in [0.15, 0.2) is 0 Å². The molecule has 0 unspecified atom stereocenters. The minimum absolute atomic E-state index is 0.0914. The van der Waals surface area contributed by atoms with Crippen molar-refractivity contribution in [3.8, 4) is 0 Å². The molecule has 0 aliphatic rings. The Morgan fingerprint density at radius 1 is 1.44 bits per heavy atom. The first kappa shape index (κ1) is 14.7.